The van der Waals surface area contributed by atoms with E-state index >= 15 is 0 Å². The SMILES string of the molecule is CC(C)(C)OC(=O)N1CCCC1CNC1(CO)CC1. The van der Waals surface area contributed by atoms with E-state index < -0.39 is 5.60 Å². The first-order valence-electron chi connectivity index (χ1n) is 7.21. The third kappa shape index (κ3) is 3.83. The van der Waals surface area contributed by atoms with E-state index in [0.29, 0.717) is 0 Å². The monoisotopic (exact) mass is 270 g/mol. The molecule has 0 spiro atoms. The second-order valence-corrected chi connectivity index (χ2v) is 6.79. The smallest absolute Gasteiger partial charge is 0.410 e. The summed E-state index contributed by atoms with van der Waals surface area (Å²) in [5.41, 5.74) is -0.511. The van der Waals surface area contributed by atoms with Crippen molar-refractivity contribution in [2.24, 2.45) is 0 Å². The Morgan fingerprint density at radius 3 is 2.68 bits per heavy atom. The molecule has 0 aromatic carbocycles. The van der Waals surface area contributed by atoms with Gasteiger partial charge >= 0.3 is 6.09 Å². The summed E-state index contributed by atoms with van der Waals surface area (Å²) in [6, 6.07) is 0.193. The Balaban J connectivity index is 1.84. The van der Waals surface area contributed by atoms with Crippen molar-refractivity contribution < 1.29 is 14.6 Å². The topological polar surface area (TPSA) is 61.8 Å². The summed E-state index contributed by atoms with van der Waals surface area (Å²) in [6.07, 6.45) is 3.88. The van der Waals surface area contributed by atoms with Crippen LogP contribution in [-0.2, 0) is 4.74 Å². The molecule has 0 aromatic heterocycles. The molecule has 5 heteroatoms. The summed E-state index contributed by atoms with van der Waals surface area (Å²) in [6.45, 7) is 7.37. The van der Waals surface area contributed by atoms with Crippen LogP contribution in [0.3, 0.4) is 0 Å². The maximum atomic E-state index is 12.1. The van der Waals surface area contributed by atoms with Crippen molar-refractivity contribution >= 4 is 6.09 Å². The maximum absolute atomic E-state index is 12.1. The molecule has 2 fully saturated rings. The third-order valence-electron chi connectivity index (χ3n) is 3.87. The minimum atomic E-state index is -0.444. The van der Waals surface area contributed by atoms with Crippen molar-refractivity contribution in [3.05, 3.63) is 0 Å². The number of nitrogens with one attached hydrogen (secondary N) is 1. The highest BCUT2D eigenvalue weighted by Gasteiger charge is 2.43. The van der Waals surface area contributed by atoms with Gasteiger partial charge in [-0.15, -0.1) is 0 Å². The fraction of sp³-hybridized carbons (Fsp3) is 0.929. The van der Waals surface area contributed by atoms with Gasteiger partial charge in [-0.1, -0.05) is 0 Å². The minimum absolute atomic E-state index is 0.0673. The van der Waals surface area contributed by atoms with Crippen LogP contribution in [0.2, 0.25) is 0 Å². The number of carbonyl (C=O) groups excluding carboxylic acids is 1. The number of likely N-dealkylation sites (tertiary alicyclic amines) is 1. The number of rotatable bonds is 4. The standard InChI is InChI=1S/C14H26N2O3/c1-13(2,3)19-12(18)16-8-4-5-11(16)9-15-14(10-17)6-7-14/h11,15,17H,4-10H2,1-3H3. The molecule has 0 aromatic rings. The Hall–Kier alpha value is -0.810. The molecule has 1 aliphatic carbocycles. The molecule has 1 heterocycles. The van der Waals surface area contributed by atoms with Gasteiger partial charge < -0.3 is 20.1 Å². The Labute approximate surface area is 115 Å². The zero-order valence-corrected chi connectivity index (χ0v) is 12.2. The zero-order chi connectivity index (χ0) is 14.1. The largest absolute Gasteiger partial charge is 0.444 e. The Kier molecular flexibility index (Phi) is 4.06. The van der Waals surface area contributed by atoms with Gasteiger partial charge in [-0.3, -0.25) is 0 Å². The Morgan fingerprint density at radius 2 is 2.16 bits per heavy atom. The van der Waals surface area contributed by atoms with Crippen molar-refractivity contribution in [1.82, 2.24) is 10.2 Å². The molecule has 1 saturated carbocycles. The first-order chi connectivity index (χ1) is 8.85. The van der Waals surface area contributed by atoms with Crippen LogP contribution in [0, 0.1) is 0 Å². The van der Waals surface area contributed by atoms with Crippen LogP contribution >= 0.6 is 0 Å². The summed E-state index contributed by atoms with van der Waals surface area (Å²) in [5.74, 6) is 0. The molecule has 110 valence electrons. The average Bonchev–Trinajstić information content (AvgIpc) is 2.93. The van der Waals surface area contributed by atoms with Crippen LogP contribution < -0.4 is 5.32 Å². The summed E-state index contributed by atoms with van der Waals surface area (Å²) >= 11 is 0. The second-order valence-electron chi connectivity index (χ2n) is 6.79. The number of carbonyl (C=O) groups is 1. The van der Waals surface area contributed by atoms with Crippen LogP contribution in [0.4, 0.5) is 4.79 Å². The molecular formula is C14H26N2O3. The van der Waals surface area contributed by atoms with E-state index in [1.54, 1.807) is 0 Å². The van der Waals surface area contributed by atoms with Gasteiger partial charge in [0, 0.05) is 24.7 Å². The zero-order valence-electron chi connectivity index (χ0n) is 12.2. The van der Waals surface area contributed by atoms with Gasteiger partial charge in [-0.2, -0.15) is 0 Å². The van der Waals surface area contributed by atoms with Crippen LogP contribution in [-0.4, -0.2) is 53.0 Å². The lowest BCUT2D eigenvalue weighted by Gasteiger charge is -2.29. The molecule has 2 aliphatic rings. The number of amides is 1. The van der Waals surface area contributed by atoms with Gasteiger partial charge in [0.15, 0.2) is 0 Å². The second kappa shape index (κ2) is 5.29. The summed E-state index contributed by atoms with van der Waals surface area (Å²) in [5, 5.41) is 12.7. The number of hydrogen-bond acceptors (Lipinski definition) is 4. The van der Waals surface area contributed by atoms with Crippen molar-refractivity contribution in [3.8, 4) is 0 Å². The highest BCUT2D eigenvalue weighted by atomic mass is 16.6. The van der Waals surface area contributed by atoms with E-state index in [4.69, 9.17) is 4.74 Å². The van der Waals surface area contributed by atoms with Crippen molar-refractivity contribution in [2.75, 3.05) is 19.7 Å². The van der Waals surface area contributed by atoms with E-state index in [2.05, 4.69) is 5.32 Å². The van der Waals surface area contributed by atoms with Crippen LogP contribution in [0.25, 0.3) is 0 Å². The highest BCUT2D eigenvalue weighted by molar-refractivity contribution is 5.69. The lowest BCUT2D eigenvalue weighted by Crippen LogP contribution is -2.47. The van der Waals surface area contributed by atoms with Gasteiger partial charge in [-0.05, 0) is 46.5 Å². The predicted molar refractivity (Wildman–Crippen MR) is 73.0 cm³/mol. The summed E-state index contributed by atoms with van der Waals surface area (Å²) in [7, 11) is 0. The van der Waals surface area contributed by atoms with Crippen LogP contribution in [0.1, 0.15) is 46.5 Å². The lowest BCUT2D eigenvalue weighted by atomic mass is 10.2. The molecule has 5 nitrogen and oxygen atoms in total. The number of aliphatic hydroxyl groups is 1. The molecule has 1 unspecified atom stereocenters. The van der Waals surface area contributed by atoms with Crippen molar-refractivity contribution in [2.45, 2.75) is 63.6 Å². The van der Waals surface area contributed by atoms with Gasteiger partial charge in [0.05, 0.1) is 6.61 Å². The molecule has 0 bridgehead atoms. The van der Waals surface area contributed by atoms with E-state index in [9.17, 15) is 9.90 Å². The first-order valence-corrected chi connectivity index (χ1v) is 7.21. The molecule has 1 amide bonds. The van der Waals surface area contributed by atoms with Crippen molar-refractivity contribution in [3.63, 3.8) is 0 Å². The molecular weight excluding hydrogens is 244 g/mol. The van der Waals surface area contributed by atoms with Crippen LogP contribution in [0.15, 0.2) is 0 Å². The molecule has 2 rings (SSSR count). The van der Waals surface area contributed by atoms with Gasteiger partial charge in [-0.25, -0.2) is 4.79 Å². The lowest BCUT2D eigenvalue weighted by molar-refractivity contribution is 0.0222. The van der Waals surface area contributed by atoms with Gasteiger partial charge in [0.2, 0.25) is 0 Å². The number of aliphatic hydroxyl groups excluding tert-OH is 1. The molecule has 2 N–H and O–H groups in total. The Morgan fingerprint density at radius 1 is 1.47 bits per heavy atom. The van der Waals surface area contributed by atoms with E-state index in [-0.39, 0.29) is 24.3 Å². The predicted octanol–water partition coefficient (Wildman–Crippen LogP) is 1.50. The molecule has 1 saturated heterocycles. The third-order valence-corrected chi connectivity index (χ3v) is 3.87. The summed E-state index contributed by atoms with van der Waals surface area (Å²) in [4.78, 5) is 13.9. The number of hydrogen-bond donors (Lipinski definition) is 2. The number of ether oxygens (including phenoxy) is 1. The van der Waals surface area contributed by atoms with Gasteiger partial charge in [0.1, 0.15) is 5.60 Å². The molecule has 0 radical (unpaired) electrons. The fourth-order valence-electron chi connectivity index (χ4n) is 2.48. The highest BCUT2D eigenvalue weighted by Crippen LogP contribution is 2.35. The number of nitrogens with zero attached hydrogens (tertiary/aromatic N) is 1. The molecule has 1 aliphatic heterocycles. The van der Waals surface area contributed by atoms with Crippen LogP contribution in [0.5, 0.6) is 0 Å². The van der Waals surface area contributed by atoms with E-state index in [0.717, 1.165) is 38.8 Å². The van der Waals surface area contributed by atoms with E-state index in [1.165, 1.54) is 0 Å². The van der Waals surface area contributed by atoms with E-state index in [1.807, 2.05) is 25.7 Å². The normalized spacial score (nSPS) is 25.5. The average molecular weight is 270 g/mol. The Bertz CT molecular complexity index is 334. The first kappa shape index (κ1) is 14.6. The summed E-state index contributed by atoms with van der Waals surface area (Å²) < 4.78 is 5.44. The minimum Gasteiger partial charge on any atom is -0.444 e. The molecule has 19 heavy (non-hydrogen) atoms. The van der Waals surface area contributed by atoms with Crippen molar-refractivity contribution in [1.29, 1.82) is 0 Å². The fourth-order valence-corrected chi connectivity index (χ4v) is 2.48. The van der Waals surface area contributed by atoms with Gasteiger partial charge in [0.25, 0.3) is 0 Å². The molecule has 1 atom stereocenters. The maximum Gasteiger partial charge on any atom is 0.410 e. The quantitative estimate of drug-likeness (QED) is 0.812.